The minimum absolute atomic E-state index is 0.166. The SMILES string of the molecule is CCCC1=NC2=S(O1)Sc1ccccc12. The van der Waals surface area contributed by atoms with Crippen LogP contribution in [0.1, 0.15) is 25.3 Å². The summed E-state index contributed by atoms with van der Waals surface area (Å²) in [5.41, 5.74) is 1.26. The molecule has 1 atom stereocenters. The largest absolute Gasteiger partial charge is 0.406 e. The minimum Gasteiger partial charge on any atom is -0.406 e. The van der Waals surface area contributed by atoms with Crippen molar-refractivity contribution in [2.24, 2.45) is 4.99 Å². The molecule has 0 spiro atoms. The molecule has 0 saturated carbocycles. The summed E-state index contributed by atoms with van der Waals surface area (Å²) >= 11 is 0. The fourth-order valence-electron chi connectivity index (χ4n) is 1.61. The minimum atomic E-state index is -0.166. The average Bonchev–Trinajstić information content (AvgIpc) is 2.75. The van der Waals surface area contributed by atoms with Crippen LogP contribution in [0, 0.1) is 0 Å². The maximum absolute atomic E-state index is 5.81. The van der Waals surface area contributed by atoms with E-state index in [0.29, 0.717) is 0 Å². The number of fused-ring (bicyclic) bond motifs is 2. The lowest BCUT2D eigenvalue weighted by atomic mass is 10.2. The summed E-state index contributed by atoms with van der Waals surface area (Å²) in [6.07, 6.45) is 2.05. The van der Waals surface area contributed by atoms with Crippen LogP contribution >= 0.6 is 20.6 Å². The second-order valence-corrected chi connectivity index (χ2v) is 6.50. The first-order chi connectivity index (χ1) is 7.38. The second-order valence-electron chi connectivity index (χ2n) is 3.46. The third kappa shape index (κ3) is 1.52. The van der Waals surface area contributed by atoms with Crippen LogP contribution in [0.15, 0.2) is 34.2 Å². The van der Waals surface area contributed by atoms with Gasteiger partial charge in [-0.3, -0.25) is 0 Å². The van der Waals surface area contributed by atoms with E-state index >= 15 is 0 Å². The maximum atomic E-state index is 5.81. The molecule has 0 saturated heterocycles. The summed E-state index contributed by atoms with van der Waals surface area (Å²) in [6.45, 7) is 2.15. The van der Waals surface area contributed by atoms with E-state index in [0.717, 1.165) is 23.7 Å². The Morgan fingerprint density at radius 1 is 1.40 bits per heavy atom. The third-order valence-corrected chi connectivity index (χ3v) is 5.63. The lowest BCUT2D eigenvalue weighted by Gasteiger charge is -2.03. The molecule has 2 heterocycles. The van der Waals surface area contributed by atoms with Gasteiger partial charge in [0.1, 0.15) is 4.99 Å². The topological polar surface area (TPSA) is 21.6 Å². The lowest BCUT2D eigenvalue weighted by Crippen LogP contribution is -1.97. The van der Waals surface area contributed by atoms with E-state index in [1.807, 2.05) is 0 Å². The Kier molecular flexibility index (Phi) is 2.33. The summed E-state index contributed by atoms with van der Waals surface area (Å²) in [7, 11) is 1.62. The normalized spacial score (nSPS) is 22.1. The van der Waals surface area contributed by atoms with Crippen LogP contribution in [-0.2, 0) is 4.18 Å². The van der Waals surface area contributed by atoms with Gasteiger partial charge in [-0.1, -0.05) is 25.1 Å². The molecule has 78 valence electrons. The fourth-order valence-corrected chi connectivity index (χ4v) is 5.13. The van der Waals surface area contributed by atoms with Crippen LogP contribution in [0.5, 0.6) is 0 Å². The number of nitrogens with zero attached hydrogens (tertiary/aromatic N) is 1. The summed E-state index contributed by atoms with van der Waals surface area (Å²) in [5.74, 6) is 0.915. The summed E-state index contributed by atoms with van der Waals surface area (Å²) in [4.78, 5) is 7.02. The van der Waals surface area contributed by atoms with Crippen LogP contribution in [0.2, 0.25) is 0 Å². The quantitative estimate of drug-likeness (QED) is 0.579. The first-order valence-electron chi connectivity index (χ1n) is 5.03. The van der Waals surface area contributed by atoms with Crippen molar-refractivity contribution in [1.82, 2.24) is 0 Å². The smallest absolute Gasteiger partial charge is 0.205 e. The standard InChI is InChI=1S/C11H11NOS2/c1-2-5-10-12-11-8-6-3-4-7-9(8)14-15(11)13-10/h3-4,6-7H,2,5H2,1H3. The van der Waals surface area contributed by atoms with Crippen molar-refractivity contribution >= 4 is 31.5 Å². The van der Waals surface area contributed by atoms with Gasteiger partial charge >= 0.3 is 0 Å². The molecule has 0 bridgehead atoms. The molecular formula is C11H11NOS2. The van der Waals surface area contributed by atoms with Gasteiger partial charge in [0.25, 0.3) is 0 Å². The number of hydrogen-bond donors (Lipinski definition) is 0. The van der Waals surface area contributed by atoms with Crippen LogP contribution < -0.4 is 0 Å². The number of hydrogen-bond acceptors (Lipinski definition) is 3. The fraction of sp³-hybridized carbons (Fsp3) is 0.273. The maximum Gasteiger partial charge on any atom is 0.205 e. The summed E-state index contributed by atoms with van der Waals surface area (Å²) < 4.78 is 5.81. The van der Waals surface area contributed by atoms with Gasteiger partial charge in [-0.25, -0.2) is 4.99 Å². The predicted octanol–water partition coefficient (Wildman–Crippen LogP) is 3.60. The molecular weight excluding hydrogens is 226 g/mol. The van der Waals surface area contributed by atoms with E-state index in [9.17, 15) is 0 Å². The van der Waals surface area contributed by atoms with Gasteiger partial charge in [-0.2, -0.15) is 0 Å². The van der Waals surface area contributed by atoms with Crippen molar-refractivity contribution in [3.05, 3.63) is 29.8 Å². The highest BCUT2D eigenvalue weighted by Crippen LogP contribution is 2.51. The van der Waals surface area contributed by atoms with Gasteiger partial charge in [-0.05, 0) is 23.3 Å². The molecule has 15 heavy (non-hydrogen) atoms. The van der Waals surface area contributed by atoms with E-state index < -0.39 is 0 Å². The van der Waals surface area contributed by atoms with Crippen molar-refractivity contribution in [1.29, 1.82) is 0 Å². The third-order valence-electron chi connectivity index (χ3n) is 2.30. The first kappa shape index (κ1) is 9.48. The predicted molar refractivity (Wildman–Crippen MR) is 67.4 cm³/mol. The monoisotopic (exact) mass is 237 g/mol. The second kappa shape index (κ2) is 3.68. The van der Waals surface area contributed by atoms with Gasteiger partial charge in [0.05, 0.1) is 9.80 Å². The Labute approximate surface area is 95.3 Å². The van der Waals surface area contributed by atoms with Gasteiger partial charge in [-0.15, -0.1) is 0 Å². The van der Waals surface area contributed by atoms with Crippen LogP contribution in [-0.4, -0.2) is 10.9 Å². The Morgan fingerprint density at radius 3 is 3.13 bits per heavy atom. The van der Waals surface area contributed by atoms with Crippen molar-refractivity contribution in [2.75, 3.05) is 0 Å². The molecule has 4 heteroatoms. The van der Waals surface area contributed by atoms with E-state index in [-0.39, 0.29) is 9.80 Å². The Balaban J connectivity index is 1.96. The molecule has 1 aromatic carbocycles. The van der Waals surface area contributed by atoms with Gasteiger partial charge in [0.15, 0.2) is 0 Å². The molecule has 0 aromatic heterocycles. The number of benzene rings is 1. The van der Waals surface area contributed by atoms with E-state index in [2.05, 4.69) is 36.2 Å². The molecule has 0 amide bonds. The molecule has 0 fully saturated rings. The Morgan fingerprint density at radius 2 is 2.27 bits per heavy atom. The van der Waals surface area contributed by atoms with E-state index in [1.165, 1.54) is 10.5 Å². The Hall–Kier alpha value is -0.740. The molecule has 0 aliphatic carbocycles. The number of rotatable bonds is 2. The molecule has 1 aromatic rings. The molecule has 2 nitrogen and oxygen atoms in total. The molecule has 0 radical (unpaired) electrons. The highest BCUT2D eigenvalue weighted by molar-refractivity contribution is 8.82. The lowest BCUT2D eigenvalue weighted by molar-refractivity contribution is 0.628. The molecule has 1 unspecified atom stereocenters. The average molecular weight is 237 g/mol. The number of aliphatic imine (C=N–C) groups is 1. The van der Waals surface area contributed by atoms with Gasteiger partial charge in [0.2, 0.25) is 5.90 Å². The molecule has 3 rings (SSSR count). The zero-order valence-electron chi connectivity index (χ0n) is 8.40. The highest BCUT2D eigenvalue weighted by atomic mass is 33.1. The first-order valence-corrected chi connectivity index (χ1v) is 7.51. The Bertz CT molecular complexity index is 479. The van der Waals surface area contributed by atoms with Crippen molar-refractivity contribution in [2.45, 2.75) is 24.7 Å². The molecule has 2 aliphatic rings. The van der Waals surface area contributed by atoms with Crippen LogP contribution in [0.3, 0.4) is 0 Å². The molecule has 2 aliphatic heterocycles. The zero-order chi connectivity index (χ0) is 10.3. The highest BCUT2D eigenvalue weighted by Gasteiger charge is 2.28. The van der Waals surface area contributed by atoms with Crippen molar-refractivity contribution in [3.8, 4) is 0 Å². The van der Waals surface area contributed by atoms with Gasteiger partial charge in [0, 0.05) is 16.9 Å². The van der Waals surface area contributed by atoms with Crippen LogP contribution in [0.4, 0.5) is 0 Å². The van der Waals surface area contributed by atoms with E-state index in [1.54, 1.807) is 10.8 Å². The molecule has 0 N–H and O–H groups in total. The van der Waals surface area contributed by atoms with Crippen molar-refractivity contribution < 1.29 is 4.18 Å². The van der Waals surface area contributed by atoms with Crippen molar-refractivity contribution in [3.63, 3.8) is 0 Å². The van der Waals surface area contributed by atoms with E-state index in [4.69, 9.17) is 4.18 Å². The zero-order valence-corrected chi connectivity index (χ0v) is 10.0. The summed E-state index contributed by atoms with van der Waals surface area (Å²) in [6, 6.07) is 8.39. The van der Waals surface area contributed by atoms with Crippen LogP contribution in [0.25, 0.3) is 0 Å². The summed E-state index contributed by atoms with van der Waals surface area (Å²) in [5, 5.41) is 0. The van der Waals surface area contributed by atoms with Gasteiger partial charge < -0.3 is 4.18 Å².